The number of nitrogens with two attached hydrogens (primary N) is 2. The minimum atomic E-state index is -2.70. The molecule has 39 heavy (non-hydrogen) atoms. The summed E-state index contributed by atoms with van der Waals surface area (Å²) in [4.78, 5) is 28.8. The average molecular weight is 552 g/mol. The number of methoxy groups -OCH3 is 1. The Kier molecular flexibility index (Phi) is 11.1. The molecule has 0 atom stereocenters. The lowest BCUT2D eigenvalue weighted by atomic mass is 10.1. The predicted octanol–water partition coefficient (Wildman–Crippen LogP) is 2.89. The maximum atomic E-state index is 14.0. The summed E-state index contributed by atoms with van der Waals surface area (Å²) in [6.07, 6.45) is 3.54. The smallest absolute Gasteiger partial charge is 0.328 e. The van der Waals surface area contributed by atoms with Gasteiger partial charge in [-0.3, -0.25) is 13.9 Å². The number of esters is 1. The van der Waals surface area contributed by atoms with E-state index in [9.17, 15) is 18.4 Å². The molecule has 2 aromatic heterocycles. The van der Waals surface area contributed by atoms with E-state index in [-0.39, 0.29) is 31.2 Å². The Morgan fingerprint density at radius 3 is 2.46 bits per heavy atom. The summed E-state index contributed by atoms with van der Waals surface area (Å²) in [5, 5.41) is 1.39. The second kappa shape index (κ2) is 13.6. The largest absolute Gasteiger partial charge is 0.469 e. The van der Waals surface area contributed by atoms with Crippen LogP contribution >= 0.6 is 0 Å². The molecule has 0 aliphatic carbocycles. The normalized spacial score (nSPS) is 15.4. The number of aryl methyl sites for hydroxylation is 1. The number of carbonyl (C=O) groups excluding carboxylic acids is 1. The van der Waals surface area contributed by atoms with Crippen LogP contribution < -0.4 is 22.2 Å². The summed E-state index contributed by atoms with van der Waals surface area (Å²) in [6.45, 7) is 7.95. The predicted molar refractivity (Wildman–Crippen MR) is 149 cm³/mol. The van der Waals surface area contributed by atoms with Crippen molar-refractivity contribution in [1.82, 2.24) is 19.1 Å². The Bertz CT molecular complexity index is 1220. The molecule has 4 N–H and O–H groups in total. The Hall–Kier alpha value is -3.41. The lowest BCUT2D eigenvalue weighted by Gasteiger charge is -2.35. The minimum absolute atomic E-state index is 0.0872. The number of pyridine rings is 1. The van der Waals surface area contributed by atoms with Crippen molar-refractivity contribution in [3.05, 3.63) is 51.6 Å². The van der Waals surface area contributed by atoms with Crippen LogP contribution in [0.1, 0.15) is 57.6 Å². The Morgan fingerprint density at radius 1 is 1.31 bits per heavy atom. The van der Waals surface area contributed by atoms with Crippen molar-refractivity contribution >= 4 is 17.4 Å². The molecule has 0 bridgehead atoms. The van der Waals surface area contributed by atoms with Crippen LogP contribution in [-0.2, 0) is 36.0 Å². The number of halogens is 2. The molecule has 3 rings (SSSR count). The third kappa shape index (κ3) is 8.54. The van der Waals surface area contributed by atoms with Crippen molar-refractivity contribution in [3.8, 4) is 0 Å². The van der Waals surface area contributed by atoms with Crippen molar-refractivity contribution in [2.24, 2.45) is 24.5 Å². The van der Waals surface area contributed by atoms with Gasteiger partial charge in [-0.2, -0.15) is 0 Å². The summed E-state index contributed by atoms with van der Waals surface area (Å²) < 4.78 is 35.3. The van der Waals surface area contributed by atoms with Gasteiger partial charge in [0.25, 0.3) is 5.92 Å². The van der Waals surface area contributed by atoms with E-state index in [4.69, 9.17) is 16.6 Å². The van der Waals surface area contributed by atoms with E-state index in [2.05, 4.69) is 18.6 Å². The zero-order valence-corrected chi connectivity index (χ0v) is 24.1. The molecule has 3 heterocycles. The zero-order valence-electron chi connectivity index (χ0n) is 24.1. The van der Waals surface area contributed by atoms with Crippen molar-refractivity contribution in [2.75, 3.05) is 32.1 Å². The molecular weight excluding hydrogens is 508 g/mol. The Morgan fingerprint density at radius 2 is 1.95 bits per heavy atom. The summed E-state index contributed by atoms with van der Waals surface area (Å²) >= 11 is 0. The zero-order chi connectivity index (χ0) is 29.5. The van der Waals surface area contributed by atoms with Crippen LogP contribution in [0.4, 0.5) is 14.5 Å². The van der Waals surface area contributed by atoms with Gasteiger partial charge in [-0.1, -0.05) is 20.8 Å². The number of carbonyl (C=O) groups is 1. The number of piperidine rings is 1. The number of likely N-dealkylation sites (N-methyl/N-ethyl adjacent to an activating group) is 1. The van der Waals surface area contributed by atoms with Crippen molar-refractivity contribution in [2.45, 2.75) is 65.8 Å². The van der Waals surface area contributed by atoms with E-state index in [1.54, 1.807) is 40.3 Å². The highest BCUT2D eigenvalue weighted by Crippen LogP contribution is 2.32. The topological polar surface area (TPSA) is 125 Å². The summed E-state index contributed by atoms with van der Waals surface area (Å²) in [6, 6.07) is 3.54. The number of allylic oxidation sites excluding steroid dienone is 1. The maximum Gasteiger partial charge on any atom is 0.328 e. The number of imidazole rings is 1. The second-order valence-corrected chi connectivity index (χ2v) is 10.3. The third-order valence-electron chi connectivity index (χ3n) is 6.52. The Balaban J connectivity index is 0.000000976. The molecule has 1 aliphatic rings. The number of hydrogen-bond acceptors (Lipinski definition) is 8. The monoisotopic (exact) mass is 551 g/mol. The first kappa shape index (κ1) is 31.8. The number of nitrogens with zero attached hydrogens (tertiary/aromatic N) is 5. The molecule has 218 valence electrons. The molecule has 1 aliphatic heterocycles. The maximum absolute atomic E-state index is 14.0. The second-order valence-electron chi connectivity index (χ2n) is 10.3. The number of aromatic nitrogens is 3. The molecule has 0 aromatic carbocycles. The molecule has 0 amide bonds. The lowest BCUT2D eigenvalue weighted by molar-refractivity contribution is -0.137. The number of ether oxygens (including phenoxy) is 1. The molecule has 1 fully saturated rings. The molecule has 0 radical (unpaired) electrons. The fourth-order valence-corrected chi connectivity index (χ4v) is 4.42. The van der Waals surface area contributed by atoms with Gasteiger partial charge in [-0.25, -0.2) is 24.4 Å². The van der Waals surface area contributed by atoms with E-state index in [1.807, 2.05) is 13.1 Å². The number of alkyl halides is 2. The van der Waals surface area contributed by atoms with Crippen LogP contribution in [0, 0.1) is 5.92 Å². The van der Waals surface area contributed by atoms with Gasteiger partial charge in [0.05, 0.1) is 48.7 Å². The Labute approximate surface area is 229 Å². The highest BCUT2D eigenvalue weighted by molar-refractivity contribution is 5.66. The van der Waals surface area contributed by atoms with Crippen LogP contribution in [0.5, 0.6) is 0 Å². The van der Waals surface area contributed by atoms with Crippen LogP contribution in [0.2, 0.25) is 0 Å². The highest BCUT2D eigenvalue weighted by Gasteiger charge is 2.36. The summed E-state index contributed by atoms with van der Waals surface area (Å²) in [5.74, 6) is 3.56. The van der Waals surface area contributed by atoms with Gasteiger partial charge < -0.3 is 20.4 Å². The van der Waals surface area contributed by atoms with Crippen LogP contribution in [0.25, 0.3) is 5.70 Å². The average Bonchev–Trinajstić information content (AvgIpc) is 3.13. The van der Waals surface area contributed by atoms with E-state index in [1.165, 1.54) is 19.0 Å². The van der Waals surface area contributed by atoms with E-state index < -0.39 is 5.92 Å². The number of anilines is 1. The first-order valence-corrected chi connectivity index (χ1v) is 13.1. The molecule has 2 aromatic rings. The minimum Gasteiger partial charge on any atom is -0.469 e. The fourth-order valence-electron chi connectivity index (χ4n) is 4.42. The molecule has 0 spiro atoms. The number of hydrazine groups is 1. The van der Waals surface area contributed by atoms with Gasteiger partial charge in [0.2, 0.25) is 0 Å². The van der Waals surface area contributed by atoms with Crippen LogP contribution in [0.15, 0.2) is 28.8 Å². The molecule has 1 saturated heterocycles. The molecule has 12 heteroatoms. The SMILES string of the molecule is CCc1nc(/C(N)=C(\Cn2cc(CC(C)C)n(C)c2=O)N(C)N)ccc1N1CCCC(F)(F)C1.COC(C)=O. The third-order valence-corrected chi connectivity index (χ3v) is 6.52. The molecular formula is C27H43F2N7O3. The van der Waals surface area contributed by atoms with Crippen molar-refractivity contribution in [1.29, 1.82) is 0 Å². The number of hydrogen-bond donors (Lipinski definition) is 2. The van der Waals surface area contributed by atoms with Gasteiger partial charge in [0.1, 0.15) is 0 Å². The standard InChI is InChI=1S/C24H37F2N7O.C3H6O2/c1-6-18-20(32-11-7-10-24(25,26)15-32)9-8-19(29-18)22(27)21(31(5)28)14-33-13-17(12-16(2)3)30(4)23(33)34;1-3(4)5-2/h8-9,13,16H,6-7,10-12,14-15,27-28H2,1-5H3;1-2H3/b22-21-;. The lowest BCUT2D eigenvalue weighted by Crippen LogP contribution is -2.43. The number of rotatable bonds is 8. The van der Waals surface area contributed by atoms with E-state index in [0.717, 1.165) is 12.1 Å². The fraction of sp³-hybridized carbons (Fsp3) is 0.593. The highest BCUT2D eigenvalue weighted by atomic mass is 19.3. The van der Waals surface area contributed by atoms with Gasteiger partial charge in [-0.15, -0.1) is 0 Å². The first-order valence-electron chi connectivity index (χ1n) is 13.1. The van der Waals surface area contributed by atoms with Crippen LogP contribution in [0.3, 0.4) is 0 Å². The molecule has 0 unspecified atom stereocenters. The summed E-state index contributed by atoms with van der Waals surface area (Å²) in [5.41, 5.74) is 10.1. The first-order chi connectivity index (χ1) is 18.2. The van der Waals surface area contributed by atoms with Crippen molar-refractivity contribution < 1.29 is 18.3 Å². The summed E-state index contributed by atoms with van der Waals surface area (Å²) in [7, 11) is 4.77. The van der Waals surface area contributed by atoms with Crippen LogP contribution in [-0.4, -0.2) is 58.3 Å². The van der Waals surface area contributed by atoms with E-state index >= 15 is 0 Å². The van der Waals surface area contributed by atoms with E-state index in [0.29, 0.717) is 53.8 Å². The van der Waals surface area contributed by atoms with Gasteiger partial charge >= 0.3 is 11.7 Å². The van der Waals surface area contributed by atoms with Crippen molar-refractivity contribution in [3.63, 3.8) is 0 Å². The quantitative estimate of drug-likeness (QED) is 0.292. The van der Waals surface area contributed by atoms with Gasteiger partial charge in [0.15, 0.2) is 0 Å². The van der Waals surface area contributed by atoms with Gasteiger partial charge in [0, 0.05) is 45.9 Å². The van der Waals surface area contributed by atoms with Gasteiger partial charge in [-0.05, 0) is 37.3 Å². The molecule has 10 nitrogen and oxygen atoms in total. The molecule has 0 saturated carbocycles.